The van der Waals surface area contributed by atoms with Crippen LogP contribution in [0.2, 0.25) is 10.0 Å². The molecule has 8 heteroatoms. The number of benzene rings is 1. The second-order valence-electron chi connectivity index (χ2n) is 4.12. The molecule has 0 fully saturated rings. The number of fused-ring (bicyclic) bond motifs is 1. The summed E-state index contributed by atoms with van der Waals surface area (Å²) < 4.78 is 8.21. The Labute approximate surface area is 124 Å². The number of hydrogen-bond donors (Lipinski definition) is 2. The number of hydrogen-bond acceptors (Lipinski definition) is 4. The lowest BCUT2D eigenvalue weighted by molar-refractivity contribution is -0.119. The fraction of sp³-hybridized carbons (Fsp3) is 0.364. The van der Waals surface area contributed by atoms with Gasteiger partial charge >= 0.3 is 0 Å². The van der Waals surface area contributed by atoms with Gasteiger partial charge in [-0.3, -0.25) is 4.79 Å². The standard InChI is InChI=1S/C11H12Cl2N4OS/c1-5(4-14-2)11(18)15-8-6(12)3-7(13)9-10(8)17-19-16-9/h3,5,14H,4H2,1-2H3,(H,15,18). The van der Waals surface area contributed by atoms with E-state index in [9.17, 15) is 4.79 Å². The van der Waals surface area contributed by atoms with E-state index in [0.717, 1.165) is 11.4 Å². The van der Waals surface area contributed by atoms with Gasteiger partial charge in [0.25, 0.3) is 0 Å². The Morgan fingerprint density at radius 3 is 2.74 bits per heavy atom. The summed E-state index contributed by atoms with van der Waals surface area (Å²) in [6, 6.07) is 1.56. The third-order valence-electron chi connectivity index (χ3n) is 2.65. The molecule has 102 valence electrons. The molecule has 1 atom stereocenters. The molecule has 1 amide bonds. The lowest BCUT2D eigenvalue weighted by Gasteiger charge is -2.14. The van der Waals surface area contributed by atoms with Crippen molar-refractivity contribution in [2.75, 3.05) is 18.9 Å². The van der Waals surface area contributed by atoms with E-state index in [1.807, 2.05) is 6.92 Å². The van der Waals surface area contributed by atoms with Gasteiger partial charge in [0.15, 0.2) is 0 Å². The Balaban J connectivity index is 2.30. The van der Waals surface area contributed by atoms with Crippen LogP contribution in [0.5, 0.6) is 0 Å². The molecule has 1 aromatic carbocycles. The van der Waals surface area contributed by atoms with E-state index in [1.165, 1.54) is 0 Å². The molecular weight excluding hydrogens is 307 g/mol. The number of anilines is 1. The van der Waals surface area contributed by atoms with Crippen LogP contribution in [0.25, 0.3) is 0 Å². The number of nitrogens with one attached hydrogen (secondary N) is 2. The Hall–Kier alpha value is -0.950. The van der Waals surface area contributed by atoms with Crippen LogP contribution in [0.1, 0.15) is 6.92 Å². The van der Waals surface area contributed by atoms with Gasteiger partial charge in [-0.05, 0) is 13.1 Å². The van der Waals surface area contributed by atoms with Crippen LogP contribution in [0, 0.1) is 5.92 Å². The average molecular weight is 319 g/mol. The first kappa shape index (κ1) is 14.5. The topological polar surface area (TPSA) is 65.8 Å². The molecule has 19 heavy (non-hydrogen) atoms. The molecule has 1 unspecified atom stereocenters. The van der Waals surface area contributed by atoms with Gasteiger partial charge in [-0.1, -0.05) is 30.1 Å². The van der Waals surface area contributed by atoms with E-state index >= 15 is 0 Å². The number of amides is 1. The van der Waals surface area contributed by atoms with Gasteiger partial charge in [-0.2, -0.15) is 8.73 Å². The maximum Gasteiger partial charge on any atom is 0.228 e. The Morgan fingerprint density at radius 1 is 1.37 bits per heavy atom. The van der Waals surface area contributed by atoms with E-state index in [-0.39, 0.29) is 11.8 Å². The zero-order valence-electron chi connectivity index (χ0n) is 10.3. The molecule has 2 N–H and O–H groups in total. The summed E-state index contributed by atoms with van der Waals surface area (Å²) in [5, 5.41) is 6.52. The fourth-order valence-electron chi connectivity index (χ4n) is 1.64. The summed E-state index contributed by atoms with van der Waals surface area (Å²) in [5.41, 5.74) is 1.53. The summed E-state index contributed by atoms with van der Waals surface area (Å²) in [6.07, 6.45) is 0. The minimum atomic E-state index is -0.182. The second-order valence-corrected chi connectivity index (χ2v) is 5.47. The summed E-state index contributed by atoms with van der Waals surface area (Å²) in [6.45, 7) is 2.40. The summed E-state index contributed by atoms with van der Waals surface area (Å²) >= 11 is 13.2. The minimum Gasteiger partial charge on any atom is -0.323 e. The Bertz CT molecular complexity index is 599. The first-order valence-corrected chi connectivity index (χ1v) is 7.09. The molecule has 1 aliphatic rings. The molecule has 0 aliphatic carbocycles. The first-order valence-electron chi connectivity index (χ1n) is 5.60. The van der Waals surface area contributed by atoms with Crippen LogP contribution in [0.4, 0.5) is 17.1 Å². The highest BCUT2D eigenvalue weighted by atomic mass is 35.5. The molecule has 1 aromatic rings. The molecule has 0 aromatic heterocycles. The number of rotatable bonds is 4. The predicted molar refractivity (Wildman–Crippen MR) is 79.7 cm³/mol. The van der Waals surface area contributed by atoms with Crippen LogP contribution in [0.15, 0.2) is 14.8 Å². The second kappa shape index (κ2) is 6.00. The molecule has 1 heterocycles. The molecule has 0 bridgehead atoms. The van der Waals surface area contributed by atoms with E-state index < -0.39 is 0 Å². The highest BCUT2D eigenvalue weighted by Crippen LogP contribution is 2.47. The summed E-state index contributed by atoms with van der Waals surface area (Å²) in [4.78, 5) is 12.0. The van der Waals surface area contributed by atoms with E-state index in [1.54, 1.807) is 13.1 Å². The van der Waals surface area contributed by atoms with Crippen LogP contribution < -0.4 is 10.6 Å². The van der Waals surface area contributed by atoms with Crippen molar-refractivity contribution in [2.24, 2.45) is 14.6 Å². The SMILES string of the molecule is CNCC(C)C(=O)Nc1c(Cl)cc(Cl)c2c1N=S=N2. The maximum absolute atomic E-state index is 12.0. The van der Waals surface area contributed by atoms with Crippen LogP contribution in [0.3, 0.4) is 0 Å². The van der Waals surface area contributed by atoms with Gasteiger partial charge in [0, 0.05) is 12.5 Å². The fourth-order valence-corrected chi connectivity index (χ4v) is 2.80. The molecule has 0 saturated heterocycles. The summed E-state index contributed by atoms with van der Waals surface area (Å²) in [7, 11) is 1.79. The third-order valence-corrected chi connectivity index (χ3v) is 3.76. The van der Waals surface area contributed by atoms with Crippen LogP contribution >= 0.6 is 23.2 Å². The van der Waals surface area contributed by atoms with Crippen molar-refractivity contribution in [1.29, 1.82) is 0 Å². The van der Waals surface area contributed by atoms with Gasteiger partial charge < -0.3 is 10.6 Å². The first-order chi connectivity index (χ1) is 9.04. The molecule has 0 spiro atoms. The molecule has 5 nitrogen and oxygen atoms in total. The Kier molecular flexibility index (Phi) is 4.57. The van der Waals surface area contributed by atoms with Crippen molar-refractivity contribution in [3.05, 3.63) is 16.1 Å². The van der Waals surface area contributed by atoms with Gasteiger partial charge in [-0.25, -0.2) is 0 Å². The van der Waals surface area contributed by atoms with Crippen molar-refractivity contribution in [3.63, 3.8) is 0 Å². The van der Waals surface area contributed by atoms with E-state index in [4.69, 9.17) is 23.2 Å². The van der Waals surface area contributed by atoms with Crippen molar-refractivity contribution in [1.82, 2.24) is 5.32 Å². The minimum absolute atomic E-state index is 0.132. The van der Waals surface area contributed by atoms with Crippen LogP contribution in [-0.4, -0.2) is 19.5 Å². The molecule has 0 radical (unpaired) electrons. The Morgan fingerprint density at radius 2 is 2.05 bits per heavy atom. The smallest absolute Gasteiger partial charge is 0.228 e. The van der Waals surface area contributed by atoms with Crippen molar-refractivity contribution in [3.8, 4) is 0 Å². The van der Waals surface area contributed by atoms with Crippen molar-refractivity contribution in [2.45, 2.75) is 6.92 Å². The average Bonchev–Trinajstić information content (AvgIpc) is 2.84. The van der Waals surface area contributed by atoms with Gasteiger partial charge in [0.2, 0.25) is 5.91 Å². The lowest BCUT2D eigenvalue weighted by Crippen LogP contribution is -2.28. The zero-order valence-corrected chi connectivity index (χ0v) is 12.7. The van der Waals surface area contributed by atoms with Crippen molar-refractivity contribution < 1.29 is 4.79 Å². The summed E-state index contributed by atoms with van der Waals surface area (Å²) in [5.74, 6) is -0.314. The highest BCUT2D eigenvalue weighted by Gasteiger charge is 2.21. The molecule has 0 saturated carbocycles. The van der Waals surface area contributed by atoms with Gasteiger partial charge in [-0.15, -0.1) is 0 Å². The number of nitrogens with zero attached hydrogens (tertiary/aromatic N) is 2. The zero-order chi connectivity index (χ0) is 14.0. The quantitative estimate of drug-likeness (QED) is 0.905. The van der Waals surface area contributed by atoms with Crippen molar-refractivity contribution >= 4 is 57.5 Å². The monoisotopic (exact) mass is 318 g/mol. The van der Waals surface area contributed by atoms with Crippen LogP contribution in [-0.2, 0) is 16.1 Å². The van der Waals surface area contributed by atoms with E-state index in [0.29, 0.717) is 33.7 Å². The molecular formula is C11H12Cl2N4OS. The molecule has 2 rings (SSSR count). The van der Waals surface area contributed by atoms with Gasteiger partial charge in [0.05, 0.1) is 27.1 Å². The lowest BCUT2D eigenvalue weighted by atomic mass is 10.1. The number of carbonyl (C=O) groups is 1. The van der Waals surface area contributed by atoms with E-state index in [2.05, 4.69) is 19.4 Å². The number of halogens is 2. The maximum atomic E-state index is 12.0. The van der Waals surface area contributed by atoms with Gasteiger partial charge in [0.1, 0.15) is 11.4 Å². The largest absolute Gasteiger partial charge is 0.323 e. The molecule has 1 aliphatic heterocycles. The highest BCUT2D eigenvalue weighted by molar-refractivity contribution is 7.58. The predicted octanol–water partition coefficient (Wildman–Crippen LogP) is 3.51. The number of carbonyl (C=O) groups excluding carboxylic acids is 1. The third kappa shape index (κ3) is 2.97. The normalized spacial score (nSPS) is 13.9.